The van der Waals surface area contributed by atoms with Gasteiger partial charge in [-0.3, -0.25) is 4.79 Å². The number of rotatable bonds is 4. The zero-order valence-electron chi connectivity index (χ0n) is 12.4. The summed E-state index contributed by atoms with van der Waals surface area (Å²) in [5, 5.41) is 3.15. The Bertz CT molecular complexity index is 298. The first-order valence-corrected chi connectivity index (χ1v) is 7.87. The quantitative estimate of drug-likeness (QED) is 0.805. The highest BCUT2D eigenvalue weighted by molar-refractivity contribution is 5.79. The van der Waals surface area contributed by atoms with Crippen LogP contribution in [0.3, 0.4) is 0 Å². The molecule has 4 atom stereocenters. The summed E-state index contributed by atoms with van der Waals surface area (Å²) in [6.07, 6.45) is 4.51. The summed E-state index contributed by atoms with van der Waals surface area (Å²) in [6.45, 7) is 8.61. The largest absolute Gasteiger partial charge is 0.355 e. The number of likely N-dealkylation sites (tertiary alicyclic amines) is 1. The lowest BCUT2D eigenvalue weighted by Gasteiger charge is -2.33. The highest BCUT2D eigenvalue weighted by Gasteiger charge is 2.34. The lowest BCUT2D eigenvalue weighted by atomic mass is 9.76. The van der Waals surface area contributed by atoms with E-state index in [0.717, 1.165) is 32.5 Å². The maximum absolute atomic E-state index is 12.3. The molecular weight excluding hydrogens is 238 g/mol. The van der Waals surface area contributed by atoms with Crippen molar-refractivity contribution in [2.75, 3.05) is 26.2 Å². The van der Waals surface area contributed by atoms with Gasteiger partial charge in [-0.2, -0.15) is 0 Å². The third-order valence-electron chi connectivity index (χ3n) is 4.96. The molecule has 110 valence electrons. The van der Waals surface area contributed by atoms with E-state index in [1.807, 2.05) is 0 Å². The average Bonchev–Trinajstić information content (AvgIpc) is 2.84. The fourth-order valence-electron chi connectivity index (χ4n) is 3.64. The minimum Gasteiger partial charge on any atom is -0.355 e. The molecule has 0 spiro atoms. The third-order valence-corrected chi connectivity index (χ3v) is 4.96. The summed E-state index contributed by atoms with van der Waals surface area (Å²) in [5.41, 5.74) is 6.13. The molecular formula is C15H29N3O. The fraction of sp³-hybridized carbons (Fsp3) is 0.933. The lowest BCUT2D eigenvalue weighted by Crippen LogP contribution is -2.48. The van der Waals surface area contributed by atoms with Gasteiger partial charge in [0.2, 0.25) is 5.91 Å². The SMILES string of the molecule is CCN1CCC(CNC(=O)C2C(C)CCCC2N)C1. The number of hydrogen-bond acceptors (Lipinski definition) is 3. The zero-order chi connectivity index (χ0) is 13.8. The summed E-state index contributed by atoms with van der Waals surface area (Å²) < 4.78 is 0. The Morgan fingerprint density at radius 3 is 2.79 bits per heavy atom. The van der Waals surface area contributed by atoms with E-state index < -0.39 is 0 Å². The molecule has 1 saturated heterocycles. The maximum Gasteiger partial charge on any atom is 0.224 e. The second-order valence-corrected chi connectivity index (χ2v) is 6.39. The Hall–Kier alpha value is -0.610. The molecule has 2 aliphatic rings. The average molecular weight is 267 g/mol. The molecule has 2 fully saturated rings. The maximum atomic E-state index is 12.3. The smallest absolute Gasteiger partial charge is 0.224 e. The highest BCUT2D eigenvalue weighted by Crippen LogP contribution is 2.29. The molecule has 1 saturated carbocycles. The van der Waals surface area contributed by atoms with Gasteiger partial charge in [-0.15, -0.1) is 0 Å². The Morgan fingerprint density at radius 1 is 1.37 bits per heavy atom. The van der Waals surface area contributed by atoms with Gasteiger partial charge in [-0.25, -0.2) is 0 Å². The lowest BCUT2D eigenvalue weighted by molar-refractivity contribution is -0.128. The predicted molar refractivity (Wildman–Crippen MR) is 77.7 cm³/mol. The second kappa shape index (κ2) is 6.71. The Balaban J connectivity index is 1.77. The molecule has 4 heteroatoms. The Labute approximate surface area is 117 Å². The Kier molecular flexibility index (Phi) is 5.22. The molecule has 3 N–H and O–H groups in total. The van der Waals surface area contributed by atoms with Crippen molar-refractivity contribution in [1.29, 1.82) is 0 Å². The summed E-state index contributed by atoms with van der Waals surface area (Å²) in [5.74, 6) is 1.27. The number of nitrogens with zero attached hydrogens (tertiary/aromatic N) is 1. The van der Waals surface area contributed by atoms with Gasteiger partial charge in [-0.1, -0.05) is 20.3 Å². The molecule has 4 unspecified atom stereocenters. The standard InChI is InChI=1S/C15H29N3O/c1-3-18-8-7-12(10-18)9-17-15(19)14-11(2)5-4-6-13(14)16/h11-14H,3-10,16H2,1-2H3,(H,17,19). The van der Waals surface area contributed by atoms with Crippen LogP contribution in [0.25, 0.3) is 0 Å². The van der Waals surface area contributed by atoms with E-state index in [0.29, 0.717) is 11.8 Å². The van der Waals surface area contributed by atoms with Crippen molar-refractivity contribution >= 4 is 5.91 Å². The first-order chi connectivity index (χ1) is 9.11. The molecule has 1 heterocycles. The van der Waals surface area contributed by atoms with E-state index in [1.54, 1.807) is 0 Å². The van der Waals surface area contributed by atoms with Crippen molar-refractivity contribution in [3.8, 4) is 0 Å². The van der Waals surface area contributed by atoms with Crippen LogP contribution in [0.2, 0.25) is 0 Å². The fourth-order valence-corrected chi connectivity index (χ4v) is 3.64. The van der Waals surface area contributed by atoms with Gasteiger partial charge in [-0.05, 0) is 44.2 Å². The van der Waals surface area contributed by atoms with E-state index >= 15 is 0 Å². The van der Waals surface area contributed by atoms with E-state index in [2.05, 4.69) is 24.1 Å². The first kappa shape index (κ1) is 14.8. The molecule has 1 aliphatic carbocycles. The van der Waals surface area contributed by atoms with Crippen molar-refractivity contribution in [3.05, 3.63) is 0 Å². The molecule has 2 rings (SSSR count). The summed E-state index contributed by atoms with van der Waals surface area (Å²) >= 11 is 0. The second-order valence-electron chi connectivity index (χ2n) is 6.39. The topological polar surface area (TPSA) is 58.4 Å². The normalized spacial score (nSPS) is 36.4. The van der Waals surface area contributed by atoms with Crippen LogP contribution in [-0.4, -0.2) is 43.0 Å². The van der Waals surface area contributed by atoms with E-state index in [4.69, 9.17) is 5.73 Å². The van der Waals surface area contributed by atoms with Crippen LogP contribution >= 0.6 is 0 Å². The predicted octanol–water partition coefficient (Wildman–Crippen LogP) is 1.21. The summed E-state index contributed by atoms with van der Waals surface area (Å²) in [4.78, 5) is 14.8. The highest BCUT2D eigenvalue weighted by atomic mass is 16.1. The van der Waals surface area contributed by atoms with Gasteiger partial charge < -0.3 is 16.0 Å². The van der Waals surface area contributed by atoms with Gasteiger partial charge in [0, 0.05) is 19.1 Å². The number of hydrogen-bond donors (Lipinski definition) is 2. The molecule has 0 aromatic heterocycles. The Morgan fingerprint density at radius 2 is 2.16 bits per heavy atom. The molecule has 1 amide bonds. The number of nitrogens with one attached hydrogen (secondary N) is 1. The number of carbonyl (C=O) groups excluding carboxylic acids is 1. The van der Waals surface area contributed by atoms with Crippen LogP contribution in [0.4, 0.5) is 0 Å². The molecule has 0 aromatic carbocycles. The van der Waals surface area contributed by atoms with Gasteiger partial charge in [0.05, 0.1) is 5.92 Å². The minimum atomic E-state index is 0.0254. The van der Waals surface area contributed by atoms with Crippen molar-refractivity contribution < 1.29 is 4.79 Å². The molecule has 0 radical (unpaired) electrons. The van der Waals surface area contributed by atoms with Crippen LogP contribution in [0.1, 0.15) is 39.5 Å². The van der Waals surface area contributed by atoms with Crippen LogP contribution in [0.5, 0.6) is 0 Å². The third kappa shape index (κ3) is 3.69. The molecule has 0 bridgehead atoms. The molecule has 0 aromatic rings. The molecule has 1 aliphatic heterocycles. The summed E-state index contributed by atoms with van der Waals surface area (Å²) in [6, 6.07) is 0.0551. The van der Waals surface area contributed by atoms with Gasteiger partial charge >= 0.3 is 0 Å². The van der Waals surface area contributed by atoms with Gasteiger partial charge in [0.15, 0.2) is 0 Å². The monoisotopic (exact) mass is 267 g/mol. The van der Waals surface area contributed by atoms with Crippen molar-refractivity contribution in [1.82, 2.24) is 10.2 Å². The van der Waals surface area contributed by atoms with Crippen molar-refractivity contribution in [2.45, 2.75) is 45.6 Å². The van der Waals surface area contributed by atoms with Crippen LogP contribution in [0.15, 0.2) is 0 Å². The van der Waals surface area contributed by atoms with E-state index in [9.17, 15) is 4.79 Å². The van der Waals surface area contributed by atoms with Gasteiger partial charge in [0.25, 0.3) is 0 Å². The minimum absolute atomic E-state index is 0.0254. The van der Waals surface area contributed by atoms with Crippen LogP contribution in [-0.2, 0) is 4.79 Å². The van der Waals surface area contributed by atoms with Crippen LogP contribution < -0.4 is 11.1 Å². The molecule has 19 heavy (non-hydrogen) atoms. The molecule has 4 nitrogen and oxygen atoms in total. The number of amides is 1. The van der Waals surface area contributed by atoms with Gasteiger partial charge in [0.1, 0.15) is 0 Å². The number of carbonyl (C=O) groups is 1. The van der Waals surface area contributed by atoms with Crippen molar-refractivity contribution in [2.24, 2.45) is 23.5 Å². The zero-order valence-corrected chi connectivity index (χ0v) is 12.4. The summed E-state index contributed by atoms with van der Waals surface area (Å²) in [7, 11) is 0. The van der Waals surface area contributed by atoms with E-state index in [1.165, 1.54) is 19.4 Å². The number of nitrogens with two attached hydrogens (primary N) is 1. The van der Waals surface area contributed by atoms with Crippen molar-refractivity contribution in [3.63, 3.8) is 0 Å². The first-order valence-electron chi connectivity index (χ1n) is 7.87. The van der Waals surface area contributed by atoms with Crippen LogP contribution in [0, 0.1) is 17.8 Å². The van der Waals surface area contributed by atoms with E-state index in [-0.39, 0.29) is 17.9 Å².